The highest BCUT2D eigenvalue weighted by Crippen LogP contribution is 2.18. The van der Waals surface area contributed by atoms with Crippen molar-refractivity contribution in [1.29, 1.82) is 0 Å². The van der Waals surface area contributed by atoms with Crippen LogP contribution in [0.3, 0.4) is 0 Å². The van der Waals surface area contributed by atoms with Crippen molar-refractivity contribution >= 4 is 15.9 Å². The lowest BCUT2D eigenvalue weighted by Crippen LogP contribution is -2.29. The van der Waals surface area contributed by atoms with E-state index in [4.69, 9.17) is 5.84 Å². The molecule has 2 heterocycles. The Morgan fingerprint density at radius 1 is 1.44 bits per heavy atom. The summed E-state index contributed by atoms with van der Waals surface area (Å²) in [5.74, 6) is 5.60. The first kappa shape index (κ1) is 13.2. The molecular formula is C12H16BrN5. The summed E-state index contributed by atoms with van der Waals surface area (Å²) in [6, 6.07) is 6.00. The highest BCUT2D eigenvalue weighted by molar-refractivity contribution is 9.10. The van der Waals surface area contributed by atoms with Gasteiger partial charge in [-0.15, -0.1) is 0 Å². The quantitative estimate of drug-likeness (QED) is 0.652. The Hall–Kier alpha value is -1.24. The zero-order chi connectivity index (χ0) is 13.0. The van der Waals surface area contributed by atoms with E-state index in [9.17, 15) is 0 Å². The van der Waals surface area contributed by atoms with E-state index in [1.54, 1.807) is 12.4 Å². The van der Waals surface area contributed by atoms with E-state index in [-0.39, 0.29) is 6.04 Å². The van der Waals surface area contributed by atoms with Crippen molar-refractivity contribution in [3.05, 3.63) is 46.5 Å². The Labute approximate surface area is 115 Å². The molecular weight excluding hydrogens is 294 g/mol. The van der Waals surface area contributed by atoms with Gasteiger partial charge in [0.15, 0.2) is 0 Å². The second-order valence-electron chi connectivity index (χ2n) is 4.11. The molecule has 2 rings (SSSR count). The molecule has 0 fully saturated rings. The summed E-state index contributed by atoms with van der Waals surface area (Å²) < 4.78 is 2.84. The first-order valence-electron chi connectivity index (χ1n) is 5.75. The Morgan fingerprint density at radius 3 is 2.83 bits per heavy atom. The lowest BCUT2D eigenvalue weighted by Gasteiger charge is -2.15. The number of aryl methyl sites for hydroxylation is 2. The highest BCUT2D eigenvalue weighted by Gasteiger charge is 2.12. The molecule has 2 aromatic rings. The number of nitrogens with two attached hydrogens (primary N) is 1. The van der Waals surface area contributed by atoms with Crippen molar-refractivity contribution in [3.8, 4) is 0 Å². The summed E-state index contributed by atoms with van der Waals surface area (Å²) in [6.45, 7) is 0. The van der Waals surface area contributed by atoms with Crippen molar-refractivity contribution in [2.45, 2.75) is 18.9 Å². The SMILES string of the molecule is Cn1nccc1CCC(NN)c1ccc(Br)cn1. The minimum Gasteiger partial charge on any atom is -0.273 e. The second-order valence-corrected chi connectivity index (χ2v) is 5.02. The molecule has 0 aromatic carbocycles. The van der Waals surface area contributed by atoms with Crippen LogP contribution in [0.4, 0.5) is 0 Å². The maximum Gasteiger partial charge on any atom is 0.0635 e. The van der Waals surface area contributed by atoms with Crippen LogP contribution in [0.5, 0.6) is 0 Å². The molecule has 0 amide bonds. The van der Waals surface area contributed by atoms with Gasteiger partial charge in [0.1, 0.15) is 0 Å². The van der Waals surface area contributed by atoms with Crippen LogP contribution in [-0.4, -0.2) is 14.8 Å². The molecule has 0 radical (unpaired) electrons. The number of hydrogen-bond acceptors (Lipinski definition) is 4. The molecule has 0 aliphatic rings. The van der Waals surface area contributed by atoms with Crippen molar-refractivity contribution < 1.29 is 0 Å². The summed E-state index contributed by atoms with van der Waals surface area (Å²) in [6.07, 6.45) is 5.37. The lowest BCUT2D eigenvalue weighted by atomic mass is 10.1. The van der Waals surface area contributed by atoms with Gasteiger partial charge in [-0.3, -0.25) is 20.9 Å². The van der Waals surface area contributed by atoms with Gasteiger partial charge in [-0.1, -0.05) is 0 Å². The fourth-order valence-electron chi connectivity index (χ4n) is 1.85. The number of aromatic nitrogens is 3. The van der Waals surface area contributed by atoms with E-state index in [0.29, 0.717) is 0 Å². The Bertz CT molecular complexity index is 493. The average molecular weight is 310 g/mol. The van der Waals surface area contributed by atoms with Crippen molar-refractivity contribution in [2.75, 3.05) is 0 Å². The van der Waals surface area contributed by atoms with Crippen LogP contribution in [0.1, 0.15) is 23.9 Å². The summed E-state index contributed by atoms with van der Waals surface area (Å²) in [5.41, 5.74) is 4.95. The van der Waals surface area contributed by atoms with E-state index < -0.39 is 0 Å². The molecule has 0 saturated heterocycles. The highest BCUT2D eigenvalue weighted by atomic mass is 79.9. The number of pyridine rings is 1. The van der Waals surface area contributed by atoms with Gasteiger partial charge in [0, 0.05) is 29.6 Å². The lowest BCUT2D eigenvalue weighted by molar-refractivity contribution is 0.496. The van der Waals surface area contributed by atoms with E-state index in [0.717, 1.165) is 23.0 Å². The van der Waals surface area contributed by atoms with Gasteiger partial charge in [0.05, 0.1) is 11.7 Å². The molecule has 1 atom stereocenters. The van der Waals surface area contributed by atoms with E-state index in [1.165, 1.54) is 5.69 Å². The third kappa shape index (κ3) is 3.16. The maximum absolute atomic E-state index is 5.60. The average Bonchev–Trinajstić information content (AvgIpc) is 2.78. The number of nitrogens with zero attached hydrogens (tertiary/aromatic N) is 3. The number of hydrazine groups is 1. The number of rotatable bonds is 5. The zero-order valence-corrected chi connectivity index (χ0v) is 11.8. The molecule has 0 aliphatic carbocycles. The van der Waals surface area contributed by atoms with E-state index in [2.05, 4.69) is 31.4 Å². The van der Waals surface area contributed by atoms with Gasteiger partial charge in [-0.2, -0.15) is 5.10 Å². The molecule has 0 spiro atoms. The van der Waals surface area contributed by atoms with Crippen molar-refractivity contribution in [2.24, 2.45) is 12.9 Å². The Balaban J connectivity index is 2.01. The molecule has 0 aliphatic heterocycles. The largest absolute Gasteiger partial charge is 0.273 e. The molecule has 3 N–H and O–H groups in total. The fourth-order valence-corrected chi connectivity index (χ4v) is 2.08. The van der Waals surface area contributed by atoms with Crippen LogP contribution in [0.2, 0.25) is 0 Å². The summed E-state index contributed by atoms with van der Waals surface area (Å²) in [4.78, 5) is 4.36. The number of nitrogens with one attached hydrogen (secondary N) is 1. The topological polar surface area (TPSA) is 68.8 Å². The molecule has 18 heavy (non-hydrogen) atoms. The summed E-state index contributed by atoms with van der Waals surface area (Å²) >= 11 is 3.37. The van der Waals surface area contributed by atoms with Crippen LogP contribution in [0.25, 0.3) is 0 Å². The van der Waals surface area contributed by atoms with Crippen LogP contribution in [0.15, 0.2) is 35.1 Å². The van der Waals surface area contributed by atoms with Gasteiger partial charge in [-0.05, 0) is 47.0 Å². The van der Waals surface area contributed by atoms with Gasteiger partial charge in [0.2, 0.25) is 0 Å². The predicted octanol–water partition coefficient (Wildman–Crippen LogP) is 1.71. The maximum atomic E-state index is 5.60. The van der Waals surface area contributed by atoms with Crippen LogP contribution in [0, 0.1) is 0 Å². The van der Waals surface area contributed by atoms with E-state index >= 15 is 0 Å². The molecule has 1 unspecified atom stereocenters. The fraction of sp³-hybridized carbons (Fsp3) is 0.333. The number of hydrogen-bond donors (Lipinski definition) is 2. The second kappa shape index (κ2) is 6.08. The molecule has 5 nitrogen and oxygen atoms in total. The monoisotopic (exact) mass is 309 g/mol. The van der Waals surface area contributed by atoms with Gasteiger partial charge >= 0.3 is 0 Å². The minimum absolute atomic E-state index is 0.0491. The van der Waals surface area contributed by atoms with Crippen LogP contribution >= 0.6 is 15.9 Å². The molecule has 0 bridgehead atoms. The van der Waals surface area contributed by atoms with Gasteiger partial charge < -0.3 is 0 Å². The summed E-state index contributed by atoms with van der Waals surface area (Å²) in [5, 5.41) is 4.15. The minimum atomic E-state index is 0.0491. The van der Waals surface area contributed by atoms with Gasteiger partial charge in [-0.25, -0.2) is 0 Å². The predicted molar refractivity (Wildman–Crippen MR) is 73.5 cm³/mol. The first-order valence-corrected chi connectivity index (χ1v) is 6.54. The third-order valence-corrected chi connectivity index (χ3v) is 3.39. The summed E-state index contributed by atoms with van der Waals surface area (Å²) in [7, 11) is 1.94. The van der Waals surface area contributed by atoms with E-state index in [1.807, 2.05) is 29.9 Å². The first-order chi connectivity index (χ1) is 8.70. The molecule has 6 heteroatoms. The van der Waals surface area contributed by atoms with Gasteiger partial charge in [0.25, 0.3) is 0 Å². The molecule has 96 valence electrons. The Kier molecular flexibility index (Phi) is 4.46. The van der Waals surface area contributed by atoms with Crippen molar-refractivity contribution in [1.82, 2.24) is 20.2 Å². The van der Waals surface area contributed by atoms with Crippen LogP contribution in [-0.2, 0) is 13.5 Å². The van der Waals surface area contributed by atoms with Crippen molar-refractivity contribution in [3.63, 3.8) is 0 Å². The normalized spacial score (nSPS) is 12.6. The third-order valence-electron chi connectivity index (χ3n) is 2.92. The standard InChI is InChI=1S/C12H16BrN5/c1-18-10(6-7-16-18)3-5-12(17-14)11-4-2-9(13)8-15-11/h2,4,6-8,12,17H,3,5,14H2,1H3. The molecule has 0 saturated carbocycles. The molecule has 2 aromatic heterocycles. The Morgan fingerprint density at radius 2 is 2.28 bits per heavy atom. The van der Waals surface area contributed by atoms with Crippen LogP contribution < -0.4 is 11.3 Å². The number of halogens is 1. The zero-order valence-electron chi connectivity index (χ0n) is 10.2. The smallest absolute Gasteiger partial charge is 0.0635 e.